The standard InChI is InChI=1S/C16H17BrN4O2S2/c1-10-3-5-11(6-4-10)14(24)23-13-7-8-20(2)16(22)21(13)15-19-18-12(9-17)25-15/h3-6,13H,7-9H2,1-2H3. The van der Waals surface area contributed by atoms with Crippen LogP contribution >= 0.6 is 39.5 Å². The van der Waals surface area contributed by atoms with Gasteiger partial charge in [-0.05, 0) is 19.1 Å². The summed E-state index contributed by atoms with van der Waals surface area (Å²) in [6.45, 7) is 2.61. The van der Waals surface area contributed by atoms with Gasteiger partial charge >= 0.3 is 6.03 Å². The molecule has 2 amide bonds. The van der Waals surface area contributed by atoms with E-state index in [1.807, 2.05) is 31.2 Å². The van der Waals surface area contributed by atoms with Gasteiger partial charge in [0.1, 0.15) is 5.01 Å². The number of hydrogen-bond donors (Lipinski definition) is 0. The van der Waals surface area contributed by atoms with Crippen LogP contribution in [-0.4, -0.2) is 46.0 Å². The van der Waals surface area contributed by atoms with Crippen molar-refractivity contribution in [2.45, 2.75) is 24.9 Å². The van der Waals surface area contributed by atoms with E-state index in [-0.39, 0.29) is 6.03 Å². The van der Waals surface area contributed by atoms with Crippen molar-refractivity contribution < 1.29 is 9.53 Å². The van der Waals surface area contributed by atoms with Crippen LogP contribution in [0.1, 0.15) is 22.6 Å². The van der Waals surface area contributed by atoms with Crippen LogP contribution in [0.3, 0.4) is 0 Å². The number of aryl methyl sites for hydroxylation is 1. The van der Waals surface area contributed by atoms with Crippen LogP contribution in [-0.2, 0) is 10.1 Å². The van der Waals surface area contributed by atoms with Gasteiger partial charge in [-0.15, -0.1) is 10.2 Å². The van der Waals surface area contributed by atoms with E-state index in [2.05, 4.69) is 26.1 Å². The van der Waals surface area contributed by atoms with Gasteiger partial charge in [-0.2, -0.15) is 0 Å². The van der Waals surface area contributed by atoms with Crippen molar-refractivity contribution in [1.82, 2.24) is 15.1 Å². The highest BCUT2D eigenvalue weighted by atomic mass is 79.9. The van der Waals surface area contributed by atoms with Crippen LogP contribution in [0.5, 0.6) is 0 Å². The van der Waals surface area contributed by atoms with Crippen molar-refractivity contribution in [2.75, 3.05) is 18.5 Å². The lowest BCUT2D eigenvalue weighted by Crippen LogP contribution is -2.54. The Bertz CT molecular complexity index is 781. The summed E-state index contributed by atoms with van der Waals surface area (Å²) in [6.07, 6.45) is 0.144. The van der Waals surface area contributed by atoms with E-state index in [0.717, 1.165) is 16.1 Å². The third kappa shape index (κ3) is 3.99. The number of thiocarbonyl (C=S) groups is 1. The van der Waals surface area contributed by atoms with Gasteiger partial charge in [0.25, 0.3) is 0 Å². The highest BCUT2D eigenvalue weighted by Gasteiger charge is 2.36. The first-order chi connectivity index (χ1) is 12.0. The molecule has 6 nitrogen and oxygen atoms in total. The quantitative estimate of drug-likeness (QED) is 0.535. The molecule has 0 spiro atoms. The molecule has 132 valence electrons. The zero-order chi connectivity index (χ0) is 18.0. The van der Waals surface area contributed by atoms with Crippen LogP contribution in [0.25, 0.3) is 0 Å². The molecule has 1 fully saturated rings. The van der Waals surface area contributed by atoms with Gasteiger partial charge in [0, 0.05) is 25.6 Å². The van der Waals surface area contributed by atoms with E-state index in [1.165, 1.54) is 16.2 Å². The number of urea groups is 1. The van der Waals surface area contributed by atoms with Gasteiger partial charge in [-0.25, -0.2) is 9.69 Å². The number of nitrogens with zero attached hydrogens (tertiary/aromatic N) is 4. The van der Waals surface area contributed by atoms with Crippen LogP contribution in [0.15, 0.2) is 24.3 Å². The predicted octanol–water partition coefficient (Wildman–Crippen LogP) is 3.72. The fourth-order valence-corrected chi connectivity index (χ4v) is 3.86. The summed E-state index contributed by atoms with van der Waals surface area (Å²) in [5, 5.41) is 10.5. The normalized spacial score (nSPS) is 17.7. The van der Waals surface area contributed by atoms with Crippen LogP contribution < -0.4 is 4.90 Å². The third-order valence-corrected chi connectivity index (χ3v) is 6.00. The molecule has 0 saturated carbocycles. The first-order valence-corrected chi connectivity index (χ1v) is 10.0. The average molecular weight is 441 g/mol. The lowest BCUT2D eigenvalue weighted by atomic mass is 10.2. The van der Waals surface area contributed by atoms with Crippen LogP contribution in [0, 0.1) is 6.92 Å². The lowest BCUT2D eigenvalue weighted by Gasteiger charge is -2.37. The monoisotopic (exact) mass is 440 g/mol. The number of rotatable bonds is 4. The fourth-order valence-electron chi connectivity index (χ4n) is 2.43. The second-order valence-corrected chi connectivity index (χ2v) is 7.67. The van der Waals surface area contributed by atoms with E-state index in [1.54, 1.807) is 11.9 Å². The molecule has 1 unspecified atom stereocenters. The minimum atomic E-state index is -0.492. The number of carbonyl (C=O) groups excluding carboxylic acids is 1. The second-order valence-electron chi connectivity index (χ2n) is 5.70. The molecular weight excluding hydrogens is 424 g/mol. The van der Waals surface area contributed by atoms with E-state index < -0.39 is 6.23 Å². The molecule has 2 heterocycles. The van der Waals surface area contributed by atoms with Gasteiger partial charge in [0.05, 0.1) is 5.33 Å². The van der Waals surface area contributed by atoms with Crippen molar-refractivity contribution in [3.05, 3.63) is 40.4 Å². The molecule has 2 aromatic rings. The summed E-state index contributed by atoms with van der Waals surface area (Å²) < 4.78 is 5.98. The predicted molar refractivity (Wildman–Crippen MR) is 105 cm³/mol. The molecule has 0 N–H and O–H groups in total. The number of hydrogen-bond acceptors (Lipinski definition) is 6. The zero-order valence-electron chi connectivity index (χ0n) is 13.8. The van der Waals surface area contributed by atoms with Gasteiger partial charge in [-0.1, -0.05) is 57.1 Å². The Balaban J connectivity index is 1.83. The summed E-state index contributed by atoms with van der Waals surface area (Å²) in [7, 11) is 1.76. The number of carbonyl (C=O) groups is 1. The third-order valence-electron chi connectivity index (χ3n) is 3.84. The molecule has 3 rings (SSSR count). The first kappa shape index (κ1) is 18.2. The molecule has 1 aromatic heterocycles. The number of anilines is 1. The Morgan fingerprint density at radius 2 is 2.12 bits per heavy atom. The molecule has 0 radical (unpaired) electrons. The van der Waals surface area contributed by atoms with Gasteiger partial charge in [-0.3, -0.25) is 0 Å². The summed E-state index contributed by atoms with van der Waals surface area (Å²) in [5.41, 5.74) is 1.98. The van der Waals surface area contributed by atoms with Crippen molar-refractivity contribution >= 4 is 55.7 Å². The zero-order valence-corrected chi connectivity index (χ0v) is 17.0. The smallest absolute Gasteiger partial charge is 0.329 e. The Kier molecular flexibility index (Phi) is 5.65. The molecular formula is C16H17BrN4O2S2. The Labute approximate surface area is 163 Å². The van der Waals surface area contributed by atoms with Crippen molar-refractivity contribution in [1.29, 1.82) is 0 Å². The molecule has 1 aromatic carbocycles. The van der Waals surface area contributed by atoms with Gasteiger partial charge in [0.15, 0.2) is 11.3 Å². The maximum atomic E-state index is 12.7. The molecule has 1 saturated heterocycles. The minimum Gasteiger partial charge on any atom is -0.459 e. The summed E-state index contributed by atoms with van der Waals surface area (Å²) in [4.78, 5) is 15.8. The molecule has 9 heteroatoms. The molecule has 1 aliphatic rings. The Hall–Kier alpha value is -1.58. The number of aromatic nitrogens is 2. The SMILES string of the molecule is Cc1ccc(C(=S)OC2CCN(C)C(=O)N2c2nnc(CBr)s2)cc1. The van der Waals surface area contributed by atoms with Crippen molar-refractivity contribution in [3.63, 3.8) is 0 Å². The topological polar surface area (TPSA) is 58.6 Å². The first-order valence-electron chi connectivity index (χ1n) is 7.70. The van der Waals surface area contributed by atoms with Gasteiger partial charge < -0.3 is 9.64 Å². The number of alkyl halides is 1. The van der Waals surface area contributed by atoms with E-state index in [0.29, 0.717) is 28.5 Å². The van der Waals surface area contributed by atoms with Crippen molar-refractivity contribution in [2.24, 2.45) is 0 Å². The van der Waals surface area contributed by atoms with Gasteiger partial charge in [0.2, 0.25) is 5.13 Å². The number of benzene rings is 1. The molecule has 1 aliphatic heterocycles. The summed E-state index contributed by atoms with van der Waals surface area (Å²) >= 11 is 10.1. The lowest BCUT2D eigenvalue weighted by molar-refractivity contribution is 0.128. The van der Waals surface area contributed by atoms with Crippen molar-refractivity contribution in [3.8, 4) is 0 Å². The minimum absolute atomic E-state index is 0.166. The molecule has 0 aliphatic carbocycles. The largest absolute Gasteiger partial charge is 0.459 e. The number of ether oxygens (including phenoxy) is 1. The molecule has 0 bridgehead atoms. The number of amides is 2. The fraction of sp³-hybridized carbons (Fsp3) is 0.375. The van der Waals surface area contributed by atoms with Crippen LogP contribution in [0.4, 0.5) is 9.93 Å². The summed E-state index contributed by atoms with van der Waals surface area (Å²) in [6, 6.07) is 7.64. The number of halogens is 1. The second kappa shape index (κ2) is 7.76. The maximum absolute atomic E-state index is 12.7. The highest BCUT2D eigenvalue weighted by molar-refractivity contribution is 9.08. The average Bonchev–Trinajstić information content (AvgIpc) is 3.07. The van der Waals surface area contributed by atoms with E-state index in [4.69, 9.17) is 17.0 Å². The molecule has 25 heavy (non-hydrogen) atoms. The van der Waals surface area contributed by atoms with E-state index >= 15 is 0 Å². The summed E-state index contributed by atoms with van der Waals surface area (Å²) in [5.74, 6) is 0. The Morgan fingerprint density at radius 1 is 1.40 bits per heavy atom. The maximum Gasteiger partial charge on any atom is 0.329 e. The molecule has 1 atom stereocenters. The van der Waals surface area contributed by atoms with Crippen LogP contribution in [0.2, 0.25) is 0 Å². The van der Waals surface area contributed by atoms with E-state index in [9.17, 15) is 4.79 Å². The highest BCUT2D eigenvalue weighted by Crippen LogP contribution is 2.29. The Morgan fingerprint density at radius 3 is 2.76 bits per heavy atom.